The molecule has 1 rings (SSSR count). The molecule has 0 saturated carbocycles. The summed E-state index contributed by atoms with van der Waals surface area (Å²) in [6.45, 7) is 0. The minimum atomic E-state index is -0.348. The van der Waals surface area contributed by atoms with Gasteiger partial charge >= 0.3 is 0 Å². The lowest BCUT2D eigenvalue weighted by Gasteiger charge is -1.89. The molecule has 5 heteroatoms. The number of aromatic nitrogens is 2. The molecule has 0 aliphatic carbocycles. The maximum absolute atomic E-state index is 10.7. The topological polar surface area (TPSA) is 34.9 Å². The highest BCUT2D eigenvalue weighted by atomic mass is 79.9. The van der Waals surface area contributed by atoms with Crippen LogP contribution in [0.5, 0.6) is 0 Å². The molecule has 0 saturated heterocycles. The SMILES string of the molecule is O=c1c(Cl)ccnn1Br. The minimum Gasteiger partial charge on any atom is -0.265 e. The molecule has 0 aromatic carbocycles. The zero-order valence-corrected chi connectivity index (χ0v) is 6.56. The van der Waals surface area contributed by atoms with E-state index >= 15 is 0 Å². The van der Waals surface area contributed by atoms with E-state index in [0.29, 0.717) is 0 Å². The molecule has 0 unspecified atom stereocenters. The first-order valence-electron chi connectivity index (χ1n) is 2.12. The Balaban J connectivity index is 3.43. The van der Waals surface area contributed by atoms with Crippen molar-refractivity contribution in [2.45, 2.75) is 0 Å². The molecule has 0 aliphatic rings. The van der Waals surface area contributed by atoms with E-state index in [9.17, 15) is 4.79 Å². The van der Waals surface area contributed by atoms with Crippen molar-refractivity contribution in [3.63, 3.8) is 0 Å². The van der Waals surface area contributed by atoms with Crippen LogP contribution >= 0.6 is 27.7 Å². The molecule has 0 radical (unpaired) electrons. The van der Waals surface area contributed by atoms with Crippen LogP contribution in [0.4, 0.5) is 0 Å². The molecule has 1 aromatic rings. The second-order valence-corrected chi connectivity index (χ2v) is 2.42. The molecule has 9 heavy (non-hydrogen) atoms. The lowest BCUT2D eigenvalue weighted by molar-refractivity contribution is 0.937. The average Bonchev–Trinajstić information content (AvgIpc) is 1.83. The summed E-state index contributed by atoms with van der Waals surface area (Å²) in [4.78, 5) is 10.7. The second-order valence-electron chi connectivity index (χ2n) is 1.34. The van der Waals surface area contributed by atoms with Gasteiger partial charge in [-0.2, -0.15) is 8.81 Å². The number of hydrogen-bond donors (Lipinski definition) is 0. The van der Waals surface area contributed by atoms with Gasteiger partial charge in [-0.15, -0.1) is 0 Å². The molecule has 0 amide bonds. The molecule has 0 bridgehead atoms. The Labute approximate surface area is 64.6 Å². The minimum absolute atomic E-state index is 0.155. The normalized spacial score (nSPS) is 9.56. The molecule has 0 spiro atoms. The predicted octanol–water partition coefficient (Wildman–Crippen LogP) is 1.05. The molecule has 3 nitrogen and oxygen atoms in total. The summed E-state index contributed by atoms with van der Waals surface area (Å²) in [6.07, 6.45) is 1.43. The number of halogens is 2. The van der Waals surface area contributed by atoms with Crippen molar-refractivity contribution in [1.82, 2.24) is 8.81 Å². The van der Waals surface area contributed by atoms with Gasteiger partial charge in [0.05, 0.1) is 22.3 Å². The van der Waals surface area contributed by atoms with Crippen molar-refractivity contribution in [3.8, 4) is 0 Å². The van der Waals surface area contributed by atoms with Crippen LogP contribution in [0.25, 0.3) is 0 Å². The van der Waals surface area contributed by atoms with Crippen LogP contribution in [0.1, 0.15) is 0 Å². The lowest BCUT2D eigenvalue weighted by atomic mass is 10.6. The fourth-order valence-electron chi connectivity index (χ4n) is 0.369. The van der Waals surface area contributed by atoms with Crippen LogP contribution in [-0.4, -0.2) is 8.81 Å². The quantitative estimate of drug-likeness (QED) is 0.640. The molecule has 1 aromatic heterocycles. The van der Waals surface area contributed by atoms with Gasteiger partial charge in [0.25, 0.3) is 5.56 Å². The number of nitrogens with zero attached hydrogens (tertiary/aromatic N) is 2. The van der Waals surface area contributed by atoms with Gasteiger partial charge in [0.15, 0.2) is 0 Å². The third kappa shape index (κ3) is 1.31. The molecular weight excluding hydrogens is 207 g/mol. The Kier molecular flexibility index (Phi) is 1.87. The van der Waals surface area contributed by atoms with Crippen molar-refractivity contribution in [2.24, 2.45) is 0 Å². The highest BCUT2D eigenvalue weighted by molar-refractivity contribution is 9.08. The Morgan fingerprint density at radius 3 is 2.89 bits per heavy atom. The van der Waals surface area contributed by atoms with E-state index in [-0.39, 0.29) is 10.6 Å². The summed E-state index contributed by atoms with van der Waals surface area (Å²) >= 11 is 8.27. The number of rotatable bonds is 0. The van der Waals surface area contributed by atoms with E-state index in [1.54, 1.807) is 0 Å². The van der Waals surface area contributed by atoms with Crippen LogP contribution < -0.4 is 5.56 Å². The van der Waals surface area contributed by atoms with Crippen LogP contribution in [0, 0.1) is 0 Å². The highest BCUT2D eigenvalue weighted by Crippen LogP contribution is 1.97. The fraction of sp³-hybridized carbons (Fsp3) is 0. The summed E-state index contributed by atoms with van der Waals surface area (Å²) in [7, 11) is 0. The Hall–Kier alpha value is -0.350. The standard InChI is InChI=1S/C4H2BrClN2O/c5-8-4(9)3(6)1-2-7-8/h1-2H. The highest BCUT2D eigenvalue weighted by Gasteiger charge is 1.95. The first kappa shape index (κ1) is 6.77. The predicted molar refractivity (Wildman–Crippen MR) is 37.8 cm³/mol. The van der Waals surface area contributed by atoms with E-state index in [1.807, 2.05) is 0 Å². The van der Waals surface area contributed by atoms with E-state index in [2.05, 4.69) is 21.2 Å². The molecule has 48 valence electrons. The van der Waals surface area contributed by atoms with E-state index in [0.717, 1.165) is 3.71 Å². The molecule has 1 heterocycles. The lowest BCUT2D eigenvalue weighted by Crippen LogP contribution is -2.13. The van der Waals surface area contributed by atoms with Gasteiger partial charge in [0.2, 0.25) is 0 Å². The van der Waals surface area contributed by atoms with E-state index in [4.69, 9.17) is 11.6 Å². The zero-order chi connectivity index (χ0) is 6.85. The molecule has 0 atom stereocenters. The van der Waals surface area contributed by atoms with Crippen molar-refractivity contribution in [1.29, 1.82) is 0 Å². The number of hydrogen-bond acceptors (Lipinski definition) is 2. The molecule has 0 aliphatic heterocycles. The Bertz CT molecular complexity index is 248. The van der Waals surface area contributed by atoms with Gasteiger partial charge < -0.3 is 0 Å². The van der Waals surface area contributed by atoms with E-state index < -0.39 is 0 Å². The van der Waals surface area contributed by atoms with Crippen LogP contribution in [0.15, 0.2) is 17.1 Å². The third-order valence-electron chi connectivity index (χ3n) is 0.761. The summed E-state index contributed by atoms with van der Waals surface area (Å²) in [5, 5.41) is 3.73. The van der Waals surface area contributed by atoms with Crippen molar-refractivity contribution < 1.29 is 0 Å². The van der Waals surface area contributed by atoms with Crippen LogP contribution in [-0.2, 0) is 0 Å². The molecule has 0 N–H and O–H groups in total. The summed E-state index contributed by atoms with van der Waals surface area (Å²) < 4.78 is 0.995. The van der Waals surface area contributed by atoms with Gasteiger partial charge in [-0.25, -0.2) is 0 Å². The summed E-state index contributed by atoms with van der Waals surface area (Å²) in [5.41, 5.74) is -0.348. The van der Waals surface area contributed by atoms with Gasteiger partial charge in [0, 0.05) is 0 Å². The first-order valence-corrected chi connectivity index (χ1v) is 3.20. The zero-order valence-electron chi connectivity index (χ0n) is 4.21. The monoisotopic (exact) mass is 208 g/mol. The second kappa shape index (κ2) is 2.49. The van der Waals surface area contributed by atoms with Gasteiger partial charge in [-0.05, 0) is 6.07 Å². The average molecular weight is 209 g/mol. The van der Waals surface area contributed by atoms with Gasteiger partial charge in [-0.3, -0.25) is 4.79 Å². The smallest absolute Gasteiger partial charge is 0.265 e. The molecule has 0 fully saturated rings. The van der Waals surface area contributed by atoms with Crippen molar-refractivity contribution in [2.75, 3.05) is 0 Å². The van der Waals surface area contributed by atoms with Crippen LogP contribution in [0.2, 0.25) is 5.02 Å². The first-order chi connectivity index (χ1) is 4.22. The largest absolute Gasteiger partial charge is 0.296 e. The Morgan fingerprint density at radius 1 is 1.78 bits per heavy atom. The van der Waals surface area contributed by atoms with Gasteiger partial charge in [0.1, 0.15) is 5.02 Å². The van der Waals surface area contributed by atoms with Crippen molar-refractivity contribution >= 4 is 27.7 Å². The van der Waals surface area contributed by atoms with Crippen molar-refractivity contribution in [3.05, 3.63) is 27.6 Å². The summed E-state index contributed by atoms with van der Waals surface area (Å²) in [5.74, 6) is 0. The maximum atomic E-state index is 10.7. The third-order valence-corrected chi connectivity index (χ3v) is 1.55. The molecular formula is C4H2BrClN2O. The van der Waals surface area contributed by atoms with Crippen LogP contribution in [0.3, 0.4) is 0 Å². The van der Waals surface area contributed by atoms with Gasteiger partial charge in [-0.1, -0.05) is 11.6 Å². The Morgan fingerprint density at radius 2 is 2.44 bits per heavy atom. The summed E-state index contributed by atoms with van der Waals surface area (Å²) in [6, 6.07) is 1.43. The van der Waals surface area contributed by atoms with E-state index in [1.165, 1.54) is 12.3 Å². The maximum Gasteiger partial charge on any atom is 0.296 e. The fourth-order valence-corrected chi connectivity index (χ4v) is 0.904.